The van der Waals surface area contributed by atoms with E-state index in [4.69, 9.17) is 19.2 Å². The van der Waals surface area contributed by atoms with Gasteiger partial charge in [-0.25, -0.2) is 4.98 Å². The Morgan fingerprint density at radius 3 is 2.52 bits per heavy atom. The number of aromatic nitrogens is 1. The van der Waals surface area contributed by atoms with Crippen LogP contribution in [0.25, 0.3) is 10.8 Å². The van der Waals surface area contributed by atoms with Crippen LogP contribution in [0.1, 0.15) is 12.8 Å². The fraction of sp³-hybridized carbons (Fsp3) is 0.471. The molecule has 120 valence electrons. The number of morpholine rings is 1. The summed E-state index contributed by atoms with van der Waals surface area (Å²) < 4.78 is 16.6. The maximum absolute atomic E-state index is 5.57. The van der Waals surface area contributed by atoms with Gasteiger partial charge >= 0.3 is 0 Å². The van der Waals surface area contributed by atoms with Gasteiger partial charge in [-0.3, -0.25) is 0 Å². The second-order valence-corrected chi connectivity index (χ2v) is 6.26. The number of nitrogens with one attached hydrogen (secondary N) is 1. The van der Waals surface area contributed by atoms with Crippen molar-refractivity contribution in [1.82, 2.24) is 4.98 Å². The Morgan fingerprint density at radius 1 is 1.04 bits per heavy atom. The molecule has 0 bridgehead atoms. The zero-order valence-corrected chi connectivity index (χ0v) is 12.9. The molecule has 2 fully saturated rings. The Labute approximate surface area is 134 Å². The molecule has 0 unspecified atom stereocenters. The molecule has 0 atom stereocenters. The Balaban J connectivity index is 1.65. The lowest BCUT2D eigenvalue weighted by Crippen LogP contribution is -2.36. The number of fused-ring (bicyclic) bond motifs is 2. The first-order valence-corrected chi connectivity index (χ1v) is 8.20. The Bertz CT molecular complexity index is 754. The monoisotopic (exact) mass is 313 g/mol. The number of ether oxygens (including phenoxy) is 3. The third-order valence-corrected chi connectivity index (χ3v) is 4.61. The van der Waals surface area contributed by atoms with Gasteiger partial charge in [-0.05, 0) is 25.0 Å². The van der Waals surface area contributed by atoms with Crippen LogP contribution in [0.4, 0.5) is 11.5 Å². The highest BCUT2D eigenvalue weighted by Gasteiger charge is 2.25. The smallest absolute Gasteiger partial charge is 0.231 e. The average molecular weight is 313 g/mol. The molecular formula is C17H19N3O3. The summed E-state index contributed by atoms with van der Waals surface area (Å²) in [5.74, 6) is 2.62. The van der Waals surface area contributed by atoms with Crippen LogP contribution >= 0.6 is 0 Å². The topological polar surface area (TPSA) is 55.9 Å². The van der Waals surface area contributed by atoms with Crippen LogP contribution in [0.2, 0.25) is 0 Å². The highest BCUT2D eigenvalue weighted by molar-refractivity contribution is 6.02. The molecule has 3 heterocycles. The lowest BCUT2D eigenvalue weighted by molar-refractivity contribution is 0.122. The fourth-order valence-electron chi connectivity index (χ4n) is 3.20. The van der Waals surface area contributed by atoms with Gasteiger partial charge in [-0.15, -0.1) is 0 Å². The first-order valence-electron chi connectivity index (χ1n) is 8.20. The summed E-state index contributed by atoms with van der Waals surface area (Å²) >= 11 is 0. The zero-order valence-electron chi connectivity index (χ0n) is 12.9. The number of pyridine rings is 1. The van der Waals surface area contributed by atoms with Gasteiger partial charge in [0, 0.05) is 29.9 Å². The second kappa shape index (κ2) is 5.16. The van der Waals surface area contributed by atoms with E-state index in [0.29, 0.717) is 6.04 Å². The third-order valence-electron chi connectivity index (χ3n) is 4.61. The molecule has 1 aromatic heterocycles. The minimum absolute atomic E-state index is 0.289. The quantitative estimate of drug-likeness (QED) is 0.939. The molecule has 0 radical (unpaired) electrons. The van der Waals surface area contributed by atoms with Crippen LogP contribution in [0.15, 0.2) is 18.3 Å². The average Bonchev–Trinajstić information content (AvgIpc) is 3.29. The van der Waals surface area contributed by atoms with E-state index in [-0.39, 0.29) is 6.79 Å². The molecular weight excluding hydrogens is 294 g/mol. The number of hydrogen-bond donors (Lipinski definition) is 1. The van der Waals surface area contributed by atoms with Crippen molar-refractivity contribution in [1.29, 1.82) is 0 Å². The first-order chi connectivity index (χ1) is 11.4. The molecule has 3 aliphatic rings. The van der Waals surface area contributed by atoms with E-state index < -0.39 is 0 Å². The van der Waals surface area contributed by atoms with E-state index in [0.717, 1.165) is 60.1 Å². The van der Waals surface area contributed by atoms with E-state index in [9.17, 15) is 0 Å². The maximum Gasteiger partial charge on any atom is 0.231 e. The molecule has 2 aromatic rings. The second-order valence-electron chi connectivity index (χ2n) is 6.26. The summed E-state index contributed by atoms with van der Waals surface area (Å²) in [4.78, 5) is 7.03. The minimum atomic E-state index is 0.289. The Hall–Kier alpha value is -2.21. The van der Waals surface area contributed by atoms with Gasteiger partial charge in [0.15, 0.2) is 11.5 Å². The van der Waals surface area contributed by atoms with Gasteiger partial charge in [0.05, 0.1) is 25.1 Å². The van der Waals surface area contributed by atoms with Crippen molar-refractivity contribution in [2.24, 2.45) is 0 Å². The van der Waals surface area contributed by atoms with Crippen molar-refractivity contribution in [3.8, 4) is 11.5 Å². The van der Waals surface area contributed by atoms with Gasteiger partial charge in [-0.2, -0.15) is 0 Å². The van der Waals surface area contributed by atoms with Crippen LogP contribution in [-0.4, -0.2) is 44.1 Å². The predicted molar refractivity (Wildman–Crippen MR) is 87.5 cm³/mol. The highest BCUT2D eigenvalue weighted by Crippen LogP contribution is 2.42. The van der Waals surface area contributed by atoms with Crippen molar-refractivity contribution in [3.05, 3.63) is 18.3 Å². The van der Waals surface area contributed by atoms with Gasteiger partial charge in [0.1, 0.15) is 5.82 Å². The van der Waals surface area contributed by atoms with E-state index >= 15 is 0 Å². The third kappa shape index (κ3) is 2.34. The maximum atomic E-state index is 5.57. The molecule has 5 rings (SSSR count). The molecule has 2 aliphatic heterocycles. The van der Waals surface area contributed by atoms with Crippen LogP contribution in [-0.2, 0) is 4.74 Å². The number of nitrogens with zero attached hydrogens (tertiary/aromatic N) is 2. The van der Waals surface area contributed by atoms with Crippen LogP contribution in [0, 0.1) is 0 Å². The number of benzene rings is 1. The first kappa shape index (κ1) is 13.2. The highest BCUT2D eigenvalue weighted by atomic mass is 16.7. The van der Waals surface area contributed by atoms with Gasteiger partial charge in [-0.1, -0.05) is 0 Å². The molecule has 6 nitrogen and oxygen atoms in total. The summed E-state index contributed by atoms with van der Waals surface area (Å²) in [5, 5.41) is 5.84. The number of hydrogen-bond acceptors (Lipinski definition) is 6. The fourth-order valence-corrected chi connectivity index (χ4v) is 3.20. The van der Waals surface area contributed by atoms with Crippen molar-refractivity contribution < 1.29 is 14.2 Å². The van der Waals surface area contributed by atoms with E-state index in [1.165, 1.54) is 12.8 Å². The van der Waals surface area contributed by atoms with Gasteiger partial charge < -0.3 is 24.4 Å². The van der Waals surface area contributed by atoms with E-state index in [1.54, 1.807) is 0 Å². The van der Waals surface area contributed by atoms with Gasteiger partial charge in [0.2, 0.25) is 6.79 Å². The Morgan fingerprint density at radius 2 is 1.78 bits per heavy atom. The SMILES string of the molecule is c1nc(N2CCOCC2)c2cc3c(cc2c1NC1CC1)OCO3. The largest absolute Gasteiger partial charge is 0.454 e. The van der Waals surface area contributed by atoms with E-state index in [1.807, 2.05) is 6.20 Å². The number of anilines is 2. The van der Waals surface area contributed by atoms with Gasteiger partial charge in [0.25, 0.3) is 0 Å². The van der Waals surface area contributed by atoms with Crippen molar-refractivity contribution in [3.63, 3.8) is 0 Å². The molecule has 1 saturated heterocycles. The number of rotatable bonds is 3. The molecule has 6 heteroatoms. The lowest BCUT2D eigenvalue weighted by atomic mass is 10.1. The van der Waals surface area contributed by atoms with Crippen molar-refractivity contribution >= 4 is 22.3 Å². The molecule has 1 N–H and O–H groups in total. The summed E-state index contributed by atoms with van der Waals surface area (Å²) in [5.41, 5.74) is 1.08. The summed E-state index contributed by atoms with van der Waals surface area (Å²) in [6.07, 6.45) is 4.42. The van der Waals surface area contributed by atoms with Crippen LogP contribution < -0.4 is 19.7 Å². The molecule has 1 aliphatic carbocycles. The van der Waals surface area contributed by atoms with Crippen LogP contribution in [0.5, 0.6) is 11.5 Å². The van der Waals surface area contributed by atoms with E-state index in [2.05, 4.69) is 22.3 Å². The lowest BCUT2D eigenvalue weighted by Gasteiger charge is -2.29. The molecule has 23 heavy (non-hydrogen) atoms. The molecule has 1 aromatic carbocycles. The van der Waals surface area contributed by atoms with Crippen LogP contribution in [0.3, 0.4) is 0 Å². The molecule has 0 spiro atoms. The normalized spacial score (nSPS) is 20.1. The summed E-state index contributed by atoms with van der Waals surface area (Å²) in [7, 11) is 0. The standard InChI is InChI=1S/C17H19N3O3/c1-2-11(1)19-14-9-18-17(20-3-5-21-6-4-20)13-8-16-15(7-12(13)14)22-10-23-16/h7-9,11,19H,1-6,10H2. The predicted octanol–water partition coefficient (Wildman–Crippen LogP) is 2.37. The zero-order chi connectivity index (χ0) is 15.2. The molecule has 1 saturated carbocycles. The Kier molecular flexibility index (Phi) is 2.97. The van der Waals surface area contributed by atoms with Crippen molar-refractivity contribution in [2.75, 3.05) is 43.3 Å². The minimum Gasteiger partial charge on any atom is -0.454 e. The molecule has 0 amide bonds. The summed E-state index contributed by atoms with van der Waals surface area (Å²) in [6, 6.07) is 4.72. The van der Waals surface area contributed by atoms with Crippen molar-refractivity contribution in [2.45, 2.75) is 18.9 Å². The summed E-state index contributed by atoms with van der Waals surface area (Å²) in [6.45, 7) is 3.51.